The molecule has 26 heavy (non-hydrogen) atoms. The molecule has 1 atom stereocenters. The number of hydrogen-bond donors (Lipinski definition) is 1. The molecule has 142 valence electrons. The van der Waals surface area contributed by atoms with Crippen LogP contribution in [0.3, 0.4) is 0 Å². The van der Waals surface area contributed by atoms with Crippen molar-refractivity contribution in [1.29, 1.82) is 0 Å². The number of alkyl halides is 3. The van der Waals surface area contributed by atoms with Crippen LogP contribution in [-0.4, -0.2) is 46.6 Å². The molecule has 1 aromatic heterocycles. The van der Waals surface area contributed by atoms with E-state index in [2.05, 4.69) is 14.5 Å². The largest absolute Gasteiger partial charge is 0.480 e. The van der Waals surface area contributed by atoms with Crippen LogP contribution in [0, 0.1) is 10.1 Å². The Morgan fingerprint density at radius 3 is 2.35 bits per heavy atom. The van der Waals surface area contributed by atoms with Crippen molar-refractivity contribution in [3.05, 3.63) is 33.1 Å². The van der Waals surface area contributed by atoms with E-state index in [0.717, 1.165) is 7.11 Å². The molecule has 0 aliphatic rings. The van der Waals surface area contributed by atoms with E-state index in [-0.39, 0.29) is 12.7 Å². The van der Waals surface area contributed by atoms with Crippen LogP contribution in [0.25, 0.3) is 0 Å². The number of rotatable bonds is 6. The number of carbonyl (C=O) groups excluding carboxylic acids is 2. The van der Waals surface area contributed by atoms with Gasteiger partial charge in [0.05, 0.1) is 29.9 Å². The average Bonchev–Trinajstić information content (AvgIpc) is 2.52. The Labute approximate surface area is 142 Å². The van der Waals surface area contributed by atoms with Gasteiger partial charge in [0.15, 0.2) is 5.92 Å². The number of pyridine rings is 1. The summed E-state index contributed by atoms with van der Waals surface area (Å²) in [6.07, 6.45) is -5.30. The third kappa shape index (κ3) is 4.23. The molecule has 0 radical (unpaired) electrons. The number of ether oxygens (including phenoxy) is 2. The van der Waals surface area contributed by atoms with E-state index >= 15 is 0 Å². The molecule has 0 saturated heterocycles. The standard InChI is InChI=1S/C13H11F3N2O8/c1-3-26-11(21)7(10(19)20)8-5(13(14,15)16)4-6(18(23)24)9(17-8)12(22)25-2/h4,7H,3H2,1-2H3,(H,19,20). The quantitative estimate of drug-likeness (QED) is 0.336. The summed E-state index contributed by atoms with van der Waals surface area (Å²) in [4.78, 5) is 47.5. The van der Waals surface area contributed by atoms with Crippen LogP contribution in [0.15, 0.2) is 6.07 Å². The maximum atomic E-state index is 13.3. The first kappa shape index (κ1) is 20.8. The van der Waals surface area contributed by atoms with Crippen LogP contribution in [-0.2, 0) is 25.2 Å². The van der Waals surface area contributed by atoms with Gasteiger partial charge in [-0.25, -0.2) is 9.78 Å². The maximum absolute atomic E-state index is 13.3. The van der Waals surface area contributed by atoms with E-state index < -0.39 is 57.6 Å². The predicted octanol–water partition coefficient (Wildman–Crippen LogP) is 1.53. The lowest BCUT2D eigenvalue weighted by Crippen LogP contribution is -2.29. The Kier molecular flexibility index (Phi) is 6.20. The van der Waals surface area contributed by atoms with Crippen LogP contribution >= 0.6 is 0 Å². The van der Waals surface area contributed by atoms with Gasteiger partial charge < -0.3 is 14.6 Å². The lowest BCUT2D eigenvalue weighted by molar-refractivity contribution is -0.385. The van der Waals surface area contributed by atoms with Crippen LogP contribution in [0.1, 0.15) is 34.6 Å². The maximum Gasteiger partial charge on any atom is 0.418 e. The highest BCUT2D eigenvalue weighted by Gasteiger charge is 2.44. The third-order valence-electron chi connectivity index (χ3n) is 2.96. The van der Waals surface area contributed by atoms with Gasteiger partial charge in [-0.3, -0.25) is 19.7 Å². The highest BCUT2D eigenvalue weighted by molar-refractivity contribution is 6.00. The summed E-state index contributed by atoms with van der Waals surface area (Å²) < 4.78 is 48.4. The number of esters is 2. The number of carbonyl (C=O) groups is 3. The van der Waals surface area contributed by atoms with Crippen LogP contribution in [0.2, 0.25) is 0 Å². The number of methoxy groups -OCH3 is 1. The molecule has 1 N–H and O–H groups in total. The highest BCUT2D eigenvalue weighted by Crippen LogP contribution is 2.38. The molecule has 1 heterocycles. The van der Waals surface area contributed by atoms with Crippen LogP contribution in [0.4, 0.5) is 18.9 Å². The molecular formula is C13H11F3N2O8. The third-order valence-corrected chi connectivity index (χ3v) is 2.96. The first-order valence-electron chi connectivity index (χ1n) is 6.69. The normalized spacial score (nSPS) is 12.2. The van der Waals surface area contributed by atoms with Crippen molar-refractivity contribution in [3.8, 4) is 0 Å². The molecule has 0 aromatic carbocycles. The molecule has 1 aromatic rings. The molecule has 1 unspecified atom stereocenters. The van der Waals surface area contributed by atoms with Crippen LogP contribution < -0.4 is 0 Å². The predicted molar refractivity (Wildman–Crippen MR) is 74.2 cm³/mol. The Morgan fingerprint density at radius 1 is 1.38 bits per heavy atom. The van der Waals surface area contributed by atoms with Gasteiger partial charge in [-0.1, -0.05) is 0 Å². The first-order chi connectivity index (χ1) is 11.9. The summed E-state index contributed by atoms with van der Waals surface area (Å²) in [5.41, 5.74) is -5.83. The smallest absolute Gasteiger partial charge is 0.418 e. The number of carboxylic acids is 1. The molecule has 0 amide bonds. The summed E-state index contributed by atoms with van der Waals surface area (Å²) in [5, 5.41) is 20.1. The Hall–Kier alpha value is -3.25. The van der Waals surface area contributed by atoms with Crippen molar-refractivity contribution in [2.45, 2.75) is 19.0 Å². The minimum Gasteiger partial charge on any atom is -0.480 e. The van der Waals surface area contributed by atoms with E-state index in [9.17, 15) is 37.7 Å². The molecule has 0 spiro atoms. The van der Waals surface area contributed by atoms with Crippen molar-refractivity contribution in [2.24, 2.45) is 0 Å². The summed E-state index contributed by atoms with van der Waals surface area (Å²) in [5.74, 6) is -7.68. The number of nitrogens with zero attached hydrogens (tertiary/aromatic N) is 2. The monoisotopic (exact) mass is 380 g/mol. The minimum absolute atomic E-state index is 0.0796. The average molecular weight is 380 g/mol. The van der Waals surface area contributed by atoms with Gasteiger partial charge in [0.1, 0.15) is 0 Å². The van der Waals surface area contributed by atoms with E-state index in [0.29, 0.717) is 0 Å². The number of nitro groups is 1. The second-order valence-electron chi connectivity index (χ2n) is 4.56. The van der Waals surface area contributed by atoms with Gasteiger partial charge in [-0.2, -0.15) is 13.2 Å². The van der Waals surface area contributed by atoms with Crippen LogP contribution in [0.5, 0.6) is 0 Å². The number of halogens is 3. The van der Waals surface area contributed by atoms with Gasteiger partial charge in [-0.05, 0) is 6.92 Å². The zero-order valence-electron chi connectivity index (χ0n) is 13.2. The summed E-state index contributed by atoms with van der Waals surface area (Å²) >= 11 is 0. The summed E-state index contributed by atoms with van der Waals surface area (Å²) in [7, 11) is 0.783. The Balaban J connectivity index is 3.87. The van der Waals surface area contributed by atoms with Gasteiger partial charge in [-0.15, -0.1) is 0 Å². The van der Waals surface area contributed by atoms with Gasteiger partial charge in [0, 0.05) is 6.07 Å². The van der Waals surface area contributed by atoms with Crippen molar-refractivity contribution >= 4 is 23.6 Å². The molecule has 0 fully saturated rings. The number of hydrogen-bond acceptors (Lipinski definition) is 8. The van der Waals surface area contributed by atoms with E-state index in [1.165, 1.54) is 6.92 Å². The molecule has 13 heteroatoms. The molecule has 1 rings (SSSR count). The summed E-state index contributed by atoms with van der Waals surface area (Å²) in [6.45, 7) is 0.936. The topological polar surface area (TPSA) is 146 Å². The number of carboxylic acid groups (broad SMARTS) is 1. The molecule has 10 nitrogen and oxygen atoms in total. The SMILES string of the molecule is CCOC(=O)C(C(=O)O)c1nc(C(=O)OC)c([N+](=O)[O-])cc1C(F)(F)F. The second kappa shape index (κ2) is 7.76. The lowest BCUT2D eigenvalue weighted by atomic mass is 9.98. The molecule has 0 bridgehead atoms. The fourth-order valence-corrected chi connectivity index (χ4v) is 1.91. The Bertz CT molecular complexity index is 762. The first-order valence-corrected chi connectivity index (χ1v) is 6.69. The molecule has 0 aliphatic carbocycles. The fourth-order valence-electron chi connectivity index (χ4n) is 1.91. The van der Waals surface area contributed by atoms with E-state index in [1.807, 2.05) is 0 Å². The second-order valence-corrected chi connectivity index (χ2v) is 4.56. The lowest BCUT2D eigenvalue weighted by Gasteiger charge is -2.17. The summed E-state index contributed by atoms with van der Waals surface area (Å²) in [6, 6.07) is -0.0796. The van der Waals surface area contributed by atoms with E-state index in [1.54, 1.807) is 0 Å². The van der Waals surface area contributed by atoms with Crippen molar-refractivity contribution in [3.63, 3.8) is 0 Å². The Morgan fingerprint density at radius 2 is 1.96 bits per heavy atom. The van der Waals surface area contributed by atoms with E-state index in [4.69, 9.17) is 5.11 Å². The number of aromatic nitrogens is 1. The molecule has 0 saturated carbocycles. The van der Waals surface area contributed by atoms with Crippen molar-refractivity contribution in [2.75, 3.05) is 13.7 Å². The van der Waals surface area contributed by atoms with Gasteiger partial charge in [0.2, 0.25) is 5.69 Å². The van der Waals surface area contributed by atoms with Gasteiger partial charge in [0.25, 0.3) is 0 Å². The molecule has 0 aliphatic heterocycles. The highest BCUT2D eigenvalue weighted by atomic mass is 19.4. The minimum atomic E-state index is -5.30. The zero-order valence-corrected chi connectivity index (χ0v) is 13.2. The zero-order chi connectivity index (χ0) is 20.2. The van der Waals surface area contributed by atoms with Gasteiger partial charge >= 0.3 is 29.8 Å². The number of aliphatic carboxylic acids is 1. The van der Waals surface area contributed by atoms with Crippen molar-refractivity contribution in [1.82, 2.24) is 4.98 Å². The molecular weight excluding hydrogens is 369 g/mol. The van der Waals surface area contributed by atoms with Crippen molar-refractivity contribution < 1.29 is 47.1 Å². The fraction of sp³-hybridized carbons (Fsp3) is 0.385.